The normalized spacial score (nSPS) is 14.7. The third-order valence-corrected chi connectivity index (χ3v) is 5.67. The van der Waals surface area contributed by atoms with Crippen molar-refractivity contribution in [2.24, 2.45) is 5.92 Å². The van der Waals surface area contributed by atoms with Crippen LogP contribution >= 0.6 is 0 Å². The predicted molar refractivity (Wildman–Crippen MR) is 111 cm³/mol. The molecule has 3 heterocycles. The minimum absolute atomic E-state index is 0.0725. The number of amides is 1. The Balaban J connectivity index is 1.27. The van der Waals surface area contributed by atoms with Crippen LogP contribution in [0.4, 0.5) is 0 Å². The van der Waals surface area contributed by atoms with Crippen molar-refractivity contribution in [2.75, 3.05) is 20.2 Å². The van der Waals surface area contributed by atoms with E-state index in [1.807, 2.05) is 39.9 Å². The van der Waals surface area contributed by atoms with E-state index in [0.717, 1.165) is 50.3 Å². The molecule has 6 nitrogen and oxygen atoms in total. The molecule has 1 fully saturated rings. The monoisotopic (exact) mass is 390 g/mol. The molecule has 2 aromatic heterocycles. The smallest absolute Gasteiger partial charge is 0.255 e. The van der Waals surface area contributed by atoms with Crippen molar-refractivity contribution in [3.63, 3.8) is 0 Å². The molecule has 0 radical (unpaired) electrons. The maximum absolute atomic E-state index is 12.8. The van der Waals surface area contributed by atoms with Crippen LogP contribution in [-0.4, -0.2) is 45.5 Å². The van der Waals surface area contributed by atoms with E-state index in [9.17, 15) is 4.79 Å². The Morgan fingerprint density at radius 1 is 1.14 bits per heavy atom. The highest BCUT2D eigenvalue weighted by molar-refractivity contribution is 5.94. The molecule has 150 valence electrons. The van der Waals surface area contributed by atoms with Crippen LogP contribution in [0.1, 0.15) is 35.2 Å². The number of pyridine rings is 1. The van der Waals surface area contributed by atoms with Gasteiger partial charge in [-0.05, 0) is 61.4 Å². The van der Waals surface area contributed by atoms with Gasteiger partial charge in [-0.1, -0.05) is 12.1 Å². The summed E-state index contributed by atoms with van der Waals surface area (Å²) in [5, 5.41) is 0. The number of ether oxygens (including phenoxy) is 1. The van der Waals surface area contributed by atoms with Gasteiger partial charge in [-0.3, -0.25) is 9.36 Å². The highest BCUT2D eigenvalue weighted by atomic mass is 16.5. The Hall–Kier alpha value is -3.15. The van der Waals surface area contributed by atoms with E-state index in [-0.39, 0.29) is 5.91 Å². The number of benzene rings is 1. The van der Waals surface area contributed by atoms with Crippen LogP contribution in [-0.2, 0) is 6.42 Å². The van der Waals surface area contributed by atoms with E-state index in [1.165, 1.54) is 5.56 Å². The van der Waals surface area contributed by atoms with E-state index < -0.39 is 0 Å². The lowest BCUT2D eigenvalue weighted by Gasteiger charge is -2.32. The van der Waals surface area contributed by atoms with Gasteiger partial charge < -0.3 is 9.64 Å². The van der Waals surface area contributed by atoms with Crippen molar-refractivity contribution in [1.29, 1.82) is 0 Å². The second-order valence-electron chi connectivity index (χ2n) is 7.50. The number of hydrogen-bond donors (Lipinski definition) is 0. The largest absolute Gasteiger partial charge is 0.497 e. The molecule has 6 heteroatoms. The molecule has 1 aromatic carbocycles. The Morgan fingerprint density at radius 2 is 1.93 bits per heavy atom. The first-order valence-corrected chi connectivity index (χ1v) is 10.1. The van der Waals surface area contributed by atoms with Gasteiger partial charge in [-0.2, -0.15) is 0 Å². The second-order valence-corrected chi connectivity index (χ2v) is 7.50. The van der Waals surface area contributed by atoms with Gasteiger partial charge in [0.25, 0.3) is 5.91 Å². The molecule has 0 aliphatic carbocycles. The van der Waals surface area contributed by atoms with Crippen LogP contribution < -0.4 is 4.74 Å². The molecule has 0 unspecified atom stereocenters. The van der Waals surface area contributed by atoms with Gasteiger partial charge in [0.15, 0.2) is 0 Å². The Morgan fingerprint density at radius 3 is 2.55 bits per heavy atom. The molecular formula is C23H26N4O2. The summed E-state index contributed by atoms with van der Waals surface area (Å²) < 4.78 is 7.04. The average Bonchev–Trinajstić information content (AvgIpc) is 3.33. The highest BCUT2D eigenvalue weighted by Crippen LogP contribution is 2.24. The molecule has 0 atom stereocenters. The average molecular weight is 390 g/mol. The zero-order valence-electron chi connectivity index (χ0n) is 16.7. The molecule has 0 N–H and O–H groups in total. The third kappa shape index (κ3) is 4.65. The minimum Gasteiger partial charge on any atom is -0.497 e. The summed E-state index contributed by atoms with van der Waals surface area (Å²) in [7, 11) is 1.69. The topological polar surface area (TPSA) is 60.2 Å². The number of hydrogen-bond acceptors (Lipinski definition) is 4. The van der Waals surface area contributed by atoms with E-state index in [4.69, 9.17) is 4.74 Å². The fourth-order valence-corrected chi connectivity index (χ4v) is 3.83. The first-order valence-electron chi connectivity index (χ1n) is 10.1. The van der Waals surface area contributed by atoms with E-state index in [2.05, 4.69) is 22.1 Å². The fraction of sp³-hybridized carbons (Fsp3) is 0.348. The van der Waals surface area contributed by atoms with E-state index in [0.29, 0.717) is 11.5 Å². The summed E-state index contributed by atoms with van der Waals surface area (Å²) in [6.45, 7) is 1.63. The van der Waals surface area contributed by atoms with Crippen LogP contribution in [0.3, 0.4) is 0 Å². The second kappa shape index (κ2) is 8.90. The van der Waals surface area contributed by atoms with Gasteiger partial charge in [0.05, 0.1) is 12.7 Å². The van der Waals surface area contributed by atoms with Crippen molar-refractivity contribution in [3.05, 3.63) is 72.4 Å². The minimum atomic E-state index is 0.0725. The SMILES string of the molecule is COc1ccc(CCC2CCN(C(=O)c3ccc(-n4ccnc4)nc3)CC2)cc1. The number of nitrogens with zero attached hydrogens (tertiary/aromatic N) is 4. The third-order valence-electron chi connectivity index (χ3n) is 5.67. The standard InChI is InChI=1S/C23H26N4O2/c1-29-21-7-4-18(5-8-21)2-3-19-10-13-26(14-11-19)23(28)20-6-9-22(25-16-20)27-15-12-24-17-27/h4-9,12,15-17,19H,2-3,10-11,13-14H2,1H3. The van der Waals surface area contributed by atoms with Crippen LogP contribution in [0, 0.1) is 5.92 Å². The number of aromatic nitrogens is 3. The highest BCUT2D eigenvalue weighted by Gasteiger charge is 2.23. The van der Waals surface area contributed by atoms with Crippen molar-refractivity contribution in [3.8, 4) is 11.6 Å². The number of aryl methyl sites for hydroxylation is 1. The molecule has 0 spiro atoms. The molecule has 0 saturated carbocycles. The number of imidazole rings is 1. The van der Waals surface area contributed by atoms with Gasteiger partial charge in [0.1, 0.15) is 17.9 Å². The number of likely N-dealkylation sites (tertiary alicyclic amines) is 1. The summed E-state index contributed by atoms with van der Waals surface area (Å²) in [6.07, 6.45) is 11.2. The van der Waals surface area contributed by atoms with Crippen LogP contribution in [0.25, 0.3) is 5.82 Å². The Labute approximate surface area is 171 Å². The van der Waals surface area contributed by atoms with E-state index >= 15 is 0 Å². The number of piperidine rings is 1. The lowest BCUT2D eigenvalue weighted by atomic mass is 9.90. The molecule has 1 aliphatic heterocycles. The zero-order chi connectivity index (χ0) is 20.1. The van der Waals surface area contributed by atoms with Crippen LogP contribution in [0.15, 0.2) is 61.3 Å². The summed E-state index contributed by atoms with van der Waals surface area (Å²) >= 11 is 0. The van der Waals surface area contributed by atoms with Gasteiger partial charge >= 0.3 is 0 Å². The molecular weight excluding hydrogens is 364 g/mol. The molecule has 29 heavy (non-hydrogen) atoms. The van der Waals surface area contributed by atoms with E-state index in [1.54, 1.807) is 25.8 Å². The van der Waals surface area contributed by atoms with Crippen LogP contribution in [0.2, 0.25) is 0 Å². The fourth-order valence-electron chi connectivity index (χ4n) is 3.83. The molecule has 1 amide bonds. The first kappa shape index (κ1) is 19.2. The zero-order valence-corrected chi connectivity index (χ0v) is 16.7. The summed E-state index contributed by atoms with van der Waals surface area (Å²) in [5.74, 6) is 2.40. The van der Waals surface area contributed by atoms with Gasteiger partial charge in [0, 0.05) is 31.7 Å². The van der Waals surface area contributed by atoms with Gasteiger partial charge in [0.2, 0.25) is 0 Å². The number of rotatable bonds is 6. The van der Waals surface area contributed by atoms with Crippen molar-refractivity contribution in [1.82, 2.24) is 19.4 Å². The summed E-state index contributed by atoms with van der Waals surface area (Å²) in [5.41, 5.74) is 1.99. The number of carbonyl (C=O) groups is 1. The van der Waals surface area contributed by atoms with Crippen molar-refractivity contribution in [2.45, 2.75) is 25.7 Å². The maximum atomic E-state index is 12.8. The lowest BCUT2D eigenvalue weighted by molar-refractivity contribution is 0.0686. The van der Waals surface area contributed by atoms with Crippen LogP contribution in [0.5, 0.6) is 5.75 Å². The molecule has 0 bridgehead atoms. The molecule has 1 aliphatic rings. The summed E-state index contributed by atoms with van der Waals surface area (Å²) in [6, 6.07) is 12.0. The molecule has 4 rings (SSSR count). The molecule has 1 saturated heterocycles. The molecule has 3 aromatic rings. The maximum Gasteiger partial charge on any atom is 0.255 e. The van der Waals surface area contributed by atoms with Gasteiger partial charge in [-0.15, -0.1) is 0 Å². The van der Waals surface area contributed by atoms with Crippen molar-refractivity contribution >= 4 is 5.91 Å². The van der Waals surface area contributed by atoms with Gasteiger partial charge in [-0.25, -0.2) is 9.97 Å². The lowest BCUT2D eigenvalue weighted by Crippen LogP contribution is -2.38. The van der Waals surface area contributed by atoms with Crippen molar-refractivity contribution < 1.29 is 9.53 Å². The quantitative estimate of drug-likeness (QED) is 0.643. The Bertz CT molecular complexity index is 913. The number of carbonyl (C=O) groups excluding carboxylic acids is 1. The number of methoxy groups -OCH3 is 1. The first-order chi connectivity index (χ1) is 14.2. The Kier molecular flexibility index (Phi) is 5.89. The summed E-state index contributed by atoms with van der Waals surface area (Å²) in [4.78, 5) is 23.2. The predicted octanol–water partition coefficient (Wildman–Crippen LogP) is 3.76.